The molecule has 0 radical (unpaired) electrons. The maximum atomic E-state index is 11.7. The second kappa shape index (κ2) is 10.9. The smallest absolute Gasteiger partial charge is 0.229 e. The molecule has 3 aromatic carbocycles. The van der Waals surface area contributed by atoms with Crippen molar-refractivity contribution in [2.45, 2.75) is 12.8 Å². The number of fused-ring (bicyclic) bond motifs is 2. The summed E-state index contributed by atoms with van der Waals surface area (Å²) in [6, 6.07) is 22.4. The predicted octanol–water partition coefficient (Wildman–Crippen LogP) is 4.46. The predicted molar refractivity (Wildman–Crippen MR) is 145 cm³/mol. The summed E-state index contributed by atoms with van der Waals surface area (Å²) < 4.78 is 37.6. The molecular weight excluding hydrogens is 472 g/mol. The van der Waals surface area contributed by atoms with Gasteiger partial charge in [0, 0.05) is 25.3 Å². The van der Waals surface area contributed by atoms with Crippen LogP contribution in [-0.2, 0) is 27.6 Å². The molecule has 7 heteroatoms. The average molecular weight is 505 g/mol. The van der Waals surface area contributed by atoms with Crippen molar-refractivity contribution in [1.82, 2.24) is 4.90 Å². The van der Waals surface area contributed by atoms with E-state index in [4.69, 9.17) is 9.47 Å². The van der Waals surface area contributed by atoms with Crippen molar-refractivity contribution in [2.75, 3.05) is 50.4 Å². The zero-order valence-electron chi connectivity index (χ0n) is 20.6. The minimum absolute atomic E-state index is 0.554. The van der Waals surface area contributed by atoms with Crippen molar-refractivity contribution >= 4 is 27.4 Å². The van der Waals surface area contributed by atoms with Crippen LogP contribution in [0.25, 0.3) is 11.6 Å². The van der Waals surface area contributed by atoms with Crippen LogP contribution in [0.15, 0.2) is 66.7 Å². The molecule has 36 heavy (non-hydrogen) atoms. The lowest BCUT2D eigenvalue weighted by Crippen LogP contribution is -2.38. The van der Waals surface area contributed by atoms with Gasteiger partial charge >= 0.3 is 0 Å². The molecule has 0 spiro atoms. The number of hydrogen-bond donors (Lipinski definition) is 1. The Morgan fingerprint density at radius 3 is 2.56 bits per heavy atom. The highest BCUT2D eigenvalue weighted by Gasteiger charge is 2.19. The second-order valence-electron chi connectivity index (χ2n) is 9.34. The van der Waals surface area contributed by atoms with Gasteiger partial charge in [0.2, 0.25) is 10.0 Å². The highest BCUT2D eigenvalue weighted by Crippen LogP contribution is 2.36. The first kappa shape index (κ1) is 24.6. The van der Waals surface area contributed by atoms with Gasteiger partial charge in [0.15, 0.2) is 0 Å². The fourth-order valence-electron chi connectivity index (χ4n) is 4.89. The van der Waals surface area contributed by atoms with Crippen LogP contribution in [0.4, 0.5) is 5.69 Å². The SMILES string of the molecule is CS(=O)(=O)Nc1cccc(C=C2c3ccccc3CCc3cc(OCCN4CCOCC4)ccc32)c1. The molecule has 5 rings (SSSR count). The van der Waals surface area contributed by atoms with E-state index in [0.717, 1.165) is 68.8 Å². The first-order valence-electron chi connectivity index (χ1n) is 12.4. The molecule has 3 aromatic rings. The molecule has 2 aliphatic rings. The molecule has 6 nitrogen and oxygen atoms in total. The van der Waals surface area contributed by atoms with E-state index in [2.05, 4.69) is 58.2 Å². The molecule has 1 saturated heterocycles. The summed E-state index contributed by atoms with van der Waals surface area (Å²) in [6.07, 6.45) is 5.19. The van der Waals surface area contributed by atoms with Gasteiger partial charge in [0.1, 0.15) is 12.4 Å². The Balaban J connectivity index is 1.44. The summed E-state index contributed by atoms with van der Waals surface area (Å²) in [6.45, 7) is 5.06. The van der Waals surface area contributed by atoms with E-state index >= 15 is 0 Å². The molecule has 0 amide bonds. The molecule has 1 N–H and O–H groups in total. The van der Waals surface area contributed by atoms with Gasteiger partial charge < -0.3 is 9.47 Å². The second-order valence-corrected chi connectivity index (χ2v) is 11.1. The third-order valence-corrected chi connectivity index (χ3v) is 7.23. The highest BCUT2D eigenvalue weighted by atomic mass is 32.2. The number of nitrogens with zero attached hydrogens (tertiary/aromatic N) is 1. The normalized spacial score (nSPS) is 17.2. The molecule has 0 saturated carbocycles. The number of benzene rings is 3. The van der Waals surface area contributed by atoms with Crippen molar-refractivity contribution in [3.63, 3.8) is 0 Å². The van der Waals surface area contributed by atoms with Gasteiger partial charge in [-0.1, -0.05) is 42.5 Å². The molecule has 1 aliphatic carbocycles. The summed E-state index contributed by atoms with van der Waals surface area (Å²) in [5.74, 6) is 0.895. The average Bonchev–Trinajstić information content (AvgIpc) is 3.01. The van der Waals surface area contributed by atoms with Gasteiger partial charge in [-0.15, -0.1) is 0 Å². The van der Waals surface area contributed by atoms with Crippen LogP contribution in [0.1, 0.15) is 27.8 Å². The largest absolute Gasteiger partial charge is 0.492 e. The fraction of sp³-hybridized carbons (Fsp3) is 0.310. The van der Waals surface area contributed by atoms with E-state index in [1.807, 2.05) is 18.2 Å². The number of aryl methyl sites for hydroxylation is 2. The Labute approximate surface area is 213 Å². The van der Waals surface area contributed by atoms with Crippen LogP contribution in [-0.4, -0.2) is 59.0 Å². The zero-order valence-corrected chi connectivity index (χ0v) is 21.4. The molecule has 0 aromatic heterocycles. The zero-order chi connectivity index (χ0) is 25.0. The number of rotatable bonds is 7. The van der Waals surface area contributed by atoms with E-state index in [-0.39, 0.29) is 0 Å². The van der Waals surface area contributed by atoms with E-state index in [0.29, 0.717) is 12.3 Å². The van der Waals surface area contributed by atoms with Gasteiger partial charge in [-0.05, 0) is 76.6 Å². The minimum atomic E-state index is -3.34. The van der Waals surface area contributed by atoms with Crippen molar-refractivity contribution in [1.29, 1.82) is 0 Å². The number of hydrogen-bond acceptors (Lipinski definition) is 5. The Hall–Kier alpha value is -3.13. The van der Waals surface area contributed by atoms with Gasteiger partial charge in [-0.25, -0.2) is 8.42 Å². The molecule has 1 fully saturated rings. The fourth-order valence-corrected chi connectivity index (χ4v) is 5.45. The van der Waals surface area contributed by atoms with Crippen molar-refractivity contribution < 1.29 is 17.9 Å². The minimum Gasteiger partial charge on any atom is -0.492 e. The van der Waals surface area contributed by atoms with Crippen LogP contribution in [0.2, 0.25) is 0 Å². The maximum Gasteiger partial charge on any atom is 0.229 e. The quantitative estimate of drug-likeness (QED) is 0.515. The van der Waals surface area contributed by atoms with E-state index < -0.39 is 10.0 Å². The molecule has 1 heterocycles. The van der Waals surface area contributed by atoms with Crippen molar-refractivity contribution in [2.24, 2.45) is 0 Å². The summed E-state index contributed by atoms with van der Waals surface area (Å²) >= 11 is 0. The van der Waals surface area contributed by atoms with E-state index in [9.17, 15) is 8.42 Å². The molecular formula is C29H32N2O4S. The lowest BCUT2D eigenvalue weighted by molar-refractivity contribution is 0.0322. The standard InChI is InChI=1S/C29H32N2O4S/c1-36(32,33)30-25-7-4-5-22(19-25)20-29-27-8-3-2-6-23(27)9-10-24-21-26(11-12-28(24)29)35-18-15-31-13-16-34-17-14-31/h2-8,11-12,19-21,30H,9-10,13-18H2,1H3. The Morgan fingerprint density at radius 2 is 1.72 bits per heavy atom. The molecule has 188 valence electrons. The Morgan fingerprint density at radius 1 is 0.944 bits per heavy atom. The lowest BCUT2D eigenvalue weighted by atomic mass is 9.92. The number of morpholine rings is 1. The lowest BCUT2D eigenvalue weighted by Gasteiger charge is -2.26. The third-order valence-electron chi connectivity index (χ3n) is 6.62. The first-order valence-corrected chi connectivity index (χ1v) is 14.3. The van der Waals surface area contributed by atoms with Crippen molar-refractivity contribution in [3.8, 4) is 5.75 Å². The summed E-state index contributed by atoms with van der Waals surface area (Å²) in [5, 5.41) is 0. The van der Waals surface area contributed by atoms with Gasteiger partial charge in [-0.3, -0.25) is 9.62 Å². The third kappa shape index (κ3) is 6.16. The Bertz CT molecular complexity index is 1360. The number of nitrogens with one attached hydrogen (secondary N) is 1. The molecule has 1 aliphatic heterocycles. The number of anilines is 1. The van der Waals surface area contributed by atoms with Crippen LogP contribution < -0.4 is 9.46 Å². The summed E-state index contributed by atoms with van der Waals surface area (Å²) in [5.41, 5.74) is 7.58. The van der Waals surface area contributed by atoms with Crippen LogP contribution in [0.5, 0.6) is 5.75 Å². The van der Waals surface area contributed by atoms with Crippen LogP contribution in [0, 0.1) is 0 Å². The van der Waals surface area contributed by atoms with Crippen LogP contribution >= 0.6 is 0 Å². The number of sulfonamides is 1. The van der Waals surface area contributed by atoms with Crippen LogP contribution in [0.3, 0.4) is 0 Å². The summed E-state index contributed by atoms with van der Waals surface area (Å²) in [4.78, 5) is 2.37. The monoisotopic (exact) mass is 504 g/mol. The number of ether oxygens (including phenoxy) is 2. The Kier molecular flexibility index (Phi) is 7.41. The molecule has 0 bridgehead atoms. The van der Waals surface area contributed by atoms with E-state index in [1.54, 1.807) is 6.07 Å². The molecule has 0 unspecified atom stereocenters. The molecule has 0 atom stereocenters. The topological polar surface area (TPSA) is 67.9 Å². The van der Waals surface area contributed by atoms with Gasteiger partial charge in [0.25, 0.3) is 0 Å². The van der Waals surface area contributed by atoms with Crippen molar-refractivity contribution in [3.05, 3.63) is 94.5 Å². The maximum absolute atomic E-state index is 11.7. The first-order chi connectivity index (χ1) is 17.4. The summed E-state index contributed by atoms with van der Waals surface area (Å²) in [7, 11) is -3.34. The van der Waals surface area contributed by atoms with Gasteiger partial charge in [0.05, 0.1) is 19.5 Å². The van der Waals surface area contributed by atoms with Gasteiger partial charge in [-0.2, -0.15) is 0 Å². The van der Waals surface area contributed by atoms with E-state index in [1.165, 1.54) is 22.3 Å². The highest BCUT2D eigenvalue weighted by molar-refractivity contribution is 7.92.